The van der Waals surface area contributed by atoms with Gasteiger partial charge in [-0.1, -0.05) is 0 Å². The highest BCUT2D eigenvalue weighted by Crippen LogP contribution is 2.34. The first-order chi connectivity index (χ1) is 5.97. The van der Waals surface area contributed by atoms with Crippen LogP contribution in [-0.4, -0.2) is 26.4 Å². The van der Waals surface area contributed by atoms with Gasteiger partial charge in [0.2, 0.25) is 10.0 Å². The van der Waals surface area contributed by atoms with Gasteiger partial charge in [0, 0.05) is 0 Å². The standard InChI is InChI=1S/C7H12N2O3S/c8-6-7(2-1-3-7)12-4-5-13(9,10)11/h1-5H2,(H2,9,10,11). The molecule has 1 rings (SSSR count). The number of nitriles is 1. The highest BCUT2D eigenvalue weighted by molar-refractivity contribution is 7.89. The van der Waals surface area contributed by atoms with Gasteiger partial charge in [0.25, 0.3) is 0 Å². The van der Waals surface area contributed by atoms with E-state index in [2.05, 4.69) is 0 Å². The molecule has 1 saturated carbocycles. The zero-order valence-corrected chi connectivity index (χ0v) is 8.01. The van der Waals surface area contributed by atoms with Crippen molar-refractivity contribution in [3.05, 3.63) is 0 Å². The number of hydrogen-bond acceptors (Lipinski definition) is 4. The lowest BCUT2D eigenvalue weighted by molar-refractivity contribution is -0.0489. The molecular weight excluding hydrogens is 192 g/mol. The van der Waals surface area contributed by atoms with Crippen molar-refractivity contribution in [2.45, 2.75) is 24.9 Å². The fourth-order valence-electron chi connectivity index (χ4n) is 1.14. The van der Waals surface area contributed by atoms with Crippen molar-refractivity contribution in [2.24, 2.45) is 5.14 Å². The third kappa shape index (κ3) is 2.95. The van der Waals surface area contributed by atoms with Crippen molar-refractivity contribution in [3.63, 3.8) is 0 Å². The molecule has 0 aliphatic heterocycles. The minimum Gasteiger partial charge on any atom is -0.359 e. The Hall–Kier alpha value is -0.640. The first-order valence-electron chi connectivity index (χ1n) is 4.03. The number of rotatable bonds is 4. The van der Waals surface area contributed by atoms with Gasteiger partial charge in [0.05, 0.1) is 18.4 Å². The predicted octanol–water partition coefficient (Wildman–Crippen LogP) is -0.262. The van der Waals surface area contributed by atoms with E-state index in [4.69, 9.17) is 15.1 Å². The second kappa shape index (κ2) is 3.62. The van der Waals surface area contributed by atoms with Gasteiger partial charge < -0.3 is 4.74 Å². The minimum atomic E-state index is -3.47. The Balaban J connectivity index is 2.31. The predicted molar refractivity (Wildman–Crippen MR) is 46.1 cm³/mol. The first-order valence-corrected chi connectivity index (χ1v) is 5.75. The molecule has 0 saturated heterocycles. The highest BCUT2D eigenvalue weighted by atomic mass is 32.2. The number of ether oxygens (including phenoxy) is 1. The Labute approximate surface area is 77.5 Å². The summed E-state index contributed by atoms with van der Waals surface area (Å²) in [6.45, 7) is 0.00634. The zero-order valence-electron chi connectivity index (χ0n) is 7.19. The fraction of sp³-hybridized carbons (Fsp3) is 0.857. The Bertz CT molecular complexity index is 313. The van der Waals surface area contributed by atoms with E-state index >= 15 is 0 Å². The molecule has 0 atom stereocenters. The quantitative estimate of drug-likeness (QED) is 0.682. The molecule has 6 heteroatoms. The van der Waals surface area contributed by atoms with Gasteiger partial charge in [-0.2, -0.15) is 5.26 Å². The van der Waals surface area contributed by atoms with E-state index in [0.717, 1.165) is 6.42 Å². The second-order valence-electron chi connectivity index (χ2n) is 3.18. The number of primary sulfonamides is 1. The van der Waals surface area contributed by atoms with Crippen molar-refractivity contribution in [1.82, 2.24) is 0 Å². The van der Waals surface area contributed by atoms with E-state index in [0.29, 0.717) is 12.8 Å². The van der Waals surface area contributed by atoms with Gasteiger partial charge in [-0.15, -0.1) is 0 Å². The summed E-state index contributed by atoms with van der Waals surface area (Å²) < 4.78 is 26.2. The molecule has 0 aromatic rings. The van der Waals surface area contributed by atoms with Crippen molar-refractivity contribution >= 4 is 10.0 Å². The molecule has 5 nitrogen and oxygen atoms in total. The zero-order chi connectivity index (χ0) is 9.95. The molecule has 74 valence electrons. The molecule has 0 unspecified atom stereocenters. The van der Waals surface area contributed by atoms with E-state index in [-0.39, 0.29) is 12.4 Å². The third-order valence-electron chi connectivity index (χ3n) is 2.11. The maximum atomic E-state index is 10.5. The van der Waals surface area contributed by atoms with Gasteiger partial charge in [0.1, 0.15) is 0 Å². The SMILES string of the molecule is N#CC1(OCCS(N)(=O)=O)CCC1. The number of nitrogens with zero attached hydrogens (tertiary/aromatic N) is 1. The van der Waals surface area contributed by atoms with Crippen LogP contribution in [0, 0.1) is 11.3 Å². The minimum absolute atomic E-state index is 0.00634. The van der Waals surface area contributed by atoms with Crippen molar-refractivity contribution < 1.29 is 13.2 Å². The van der Waals surface area contributed by atoms with Gasteiger partial charge in [-0.25, -0.2) is 13.6 Å². The molecule has 0 spiro atoms. The van der Waals surface area contributed by atoms with E-state index in [1.54, 1.807) is 0 Å². The maximum absolute atomic E-state index is 10.5. The molecule has 2 N–H and O–H groups in total. The molecule has 0 aromatic heterocycles. The number of sulfonamides is 1. The molecule has 0 radical (unpaired) electrons. The van der Waals surface area contributed by atoms with Crippen LogP contribution in [0.25, 0.3) is 0 Å². The normalized spacial score (nSPS) is 20.3. The largest absolute Gasteiger partial charge is 0.359 e. The smallest absolute Gasteiger partial charge is 0.211 e. The third-order valence-corrected chi connectivity index (χ3v) is 2.85. The summed E-state index contributed by atoms with van der Waals surface area (Å²) >= 11 is 0. The Morgan fingerprint density at radius 2 is 2.15 bits per heavy atom. The van der Waals surface area contributed by atoms with Crippen LogP contribution in [0.3, 0.4) is 0 Å². The lowest BCUT2D eigenvalue weighted by Crippen LogP contribution is -2.40. The van der Waals surface area contributed by atoms with E-state index in [9.17, 15) is 8.42 Å². The molecule has 0 aromatic carbocycles. The van der Waals surface area contributed by atoms with Crippen molar-refractivity contribution in [2.75, 3.05) is 12.4 Å². The Morgan fingerprint density at radius 1 is 1.54 bits per heavy atom. The van der Waals surface area contributed by atoms with E-state index in [1.807, 2.05) is 6.07 Å². The van der Waals surface area contributed by atoms with Crippen LogP contribution >= 0.6 is 0 Å². The van der Waals surface area contributed by atoms with Crippen LogP contribution in [-0.2, 0) is 14.8 Å². The summed E-state index contributed by atoms with van der Waals surface area (Å²) in [5.74, 6) is -0.226. The Kier molecular flexibility index (Phi) is 2.91. The molecule has 1 aliphatic carbocycles. The van der Waals surface area contributed by atoms with Gasteiger partial charge in [0.15, 0.2) is 5.60 Å². The molecular formula is C7H12N2O3S. The van der Waals surface area contributed by atoms with Crippen LogP contribution < -0.4 is 5.14 Å². The summed E-state index contributed by atoms with van der Waals surface area (Å²) in [6.07, 6.45) is 2.34. The number of hydrogen-bond donors (Lipinski definition) is 1. The Morgan fingerprint density at radius 3 is 2.46 bits per heavy atom. The van der Waals surface area contributed by atoms with Crippen LogP contribution in [0.2, 0.25) is 0 Å². The fourth-order valence-corrected chi connectivity index (χ4v) is 1.46. The van der Waals surface area contributed by atoms with E-state index < -0.39 is 15.6 Å². The maximum Gasteiger partial charge on any atom is 0.211 e. The average molecular weight is 204 g/mol. The van der Waals surface area contributed by atoms with Gasteiger partial charge in [-0.05, 0) is 19.3 Å². The summed E-state index contributed by atoms with van der Waals surface area (Å²) in [7, 11) is -3.47. The lowest BCUT2D eigenvalue weighted by atomic mass is 9.81. The van der Waals surface area contributed by atoms with Gasteiger partial charge in [-0.3, -0.25) is 0 Å². The van der Waals surface area contributed by atoms with E-state index in [1.165, 1.54) is 0 Å². The molecule has 13 heavy (non-hydrogen) atoms. The first kappa shape index (κ1) is 10.4. The molecule has 0 bridgehead atoms. The van der Waals surface area contributed by atoms with Crippen molar-refractivity contribution in [3.8, 4) is 6.07 Å². The monoisotopic (exact) mass is 204 g/mol. The van der Waals surface area contributed by atoms with Crippen LogP contribution in [0.4, 0.5) is 0 Å². The average Bonchev–Trinajstić information content (AvgIpc) is 1.92. The molecule has 0 heterocycles. The summed E-state index contributed by atoms with van der Waals surface area (Å²) in [6, 6.07) is 2.04. The lowest BCUT2D eigenvalue weighted by Gasteiger charge is -2.34. The van der Waals surface area contributed by atoms with Crippen LogP contribution in [0.15, 0.2) is 0 Å². The summed E-state index contributed by atoms with van der Waals surface area (Å²) in [5.41, 5.74) is -0.731. The number of nitrogens with two attached hydrogens (primary N) is 1. The van der Waals surface area contributed by atoms with Crippen LogP contribution in [0.1, 0.15) is 19.3 Å². The highest BCUT2D eigenvalue weighted by Gasteiger charge is 2.38. The van der Waals surface area contributed by atoms with Crippen LogP contribution in [0.5, 0.6) is 0 Å². The molecule has 1 fully saturated rings. The molecule has 0 amide bonds. The summed E-state index contributed by atoms with van der Waals surface area (Å²) in [5, 5.41) is 13.5. The van der Waals surface area contributed by atoms with Crippen molar-refractivity contribution in [1.29, 1.82) is 5.26 Å². The topological polar surface area (TPSA) is 93.2 Å². The summed E-state index contributed by atoms with van der Waals surface area (Å²) in [4.78, 5) is 0. The molecule has 1 aliphatic rings. The van der Waals surface area contributed by atoms with Gasteiger partial charge >= 0.3 is 0 Å². The second-order valence-corrected chi connectivity index (χ2v) is 4.91.